The summed E-state index contributed by atoms with van der Waals surface area (Å²) >= 11 is -0.826. The molecular weight excluding hydrogens is 795 g/mol. The van der Waals surface area contributed by atoms with E-state index in [0.717, 1.165) is 52.5 Å². The SMILES string of the molecule is COC1C(c2ccc(C(C)(C)C)cc2)C2CC(C)C([Si](C)(C)C3C(C)CC4C(c5ccc(C(C)(C)C)cc5)CCCC43)C2CC1C(C)(C)C.[CH3-].[CH3-].[Cl][Zr+2][Cl]. The minimum atomic E-state index is -1.67. The van der Waals surface area contributed by atoms with E-state index in [0.29, 0.717) is 11.8 Å². The number of halogens is 2. The maximum atomic E-state index is 6.64. The number of ether oxygens (including phenoxy) is 1. The second kappa shape index (κ2) is 18.6. The predicted octanol–water partition coefficient (Wildman–Crippen LogP) is 15.7. The van der Waals surface area contributed by atoms with Gasteiger partial charge in [0.25, 0.3) is 0 Å². The van der Waals surface area contributed by atoms with Gasteiger partial charge >= 0.3 is 37.9 Å². The molecule has 0 aliphatic heterocycles. The van der Waals surface area contributed by atoms with E-state index >= 15 is 0 Å². The van der Waals surface area contributed by atoms with Crippen LogP contribution < -0.4 is 0 Å². The number of hydrogen-bond acceptors (Lipinski definition) is 1. The molecule has 54 heavy (non-hydrogen) atoms. The van der Waals surface area contributed by atoms with Crippen LogP contribution >= 0.6 is 17.0 Å². The third-order valence-corrected chi connectivity index (χ3v) is 20.7. The van der Waals surface area contributed by atoms with Gasteiger partial charge in [-0.2, -0.15) is 0 Å². The molecule has 0 saturated heterocycles. The molecule has 2 aromatic carbocycles. The molecule has 4 aliphatic rings. The van der Waals surface area contributed by atoms with Gasteiger partial charge < -0.3 is 19.6 Å². The van der Waals surface area contributed by atoms with Gasteiger partial charge in [-0.3, -0.25) is 0 Å². The van der Waals surface area contributed by atoms with E-state index in [1.807, 2.05) is 7.11 Å². The average Bonchev–Trinajstić information content (AvgIpc) is 3.59. The summed E-state index contributed by atoms with van der Waals surface area (Å²) in [6, 6.07) is 19.8. The van der Waals surface area contributed by atoms with Crippen molar-refractivity contribution in [2.24, 2.45) is 46.8 Å². The van der Waals surface area contributed by atoms with Gasteiger partial charge in [0.2, 0.25) is 0 Å². The first-order chi connectivity index (χ1) is 24.2. The molecule has 5 heteroatoms. The van der Waals surface area contributed by atoms with Crippen molar-refractivity contribution in [1.82, 2.24) is 0 Å². The fourth-order valence-corrected chi connectivity index (χ4v) is 20.1. The summed E-state index contributed by atoms with van der Waals surface area (Å²) in [6.45, 7) is 32.7. The van der Waals surface area contributed by atoms with Gasteiger partial charge in [-0.15, -0.1) is 0 Å². The van der Waals surface area contributed by atoms with Crippen molar-refractivity contribution in [3.05, 3.63) is 85.6 Å². The van der Waals surface area contributed by atoms with E-state index in [1.165, 1.54) is 55.2 Å². The number of hydrogen-bond donors (Lipinski definition) is 0. The molecule has 4 aliphatic carbocycles. The van der Waals surface area contributed by atoms with Crippen LogP contribution in [0, 0.1) is 61.7 Å². The van der Waals surface area contributed by atoms with Crippen LogP contribution in [0.3, 0.4) is 0 Å². The van der Waals surface area contributed by atoms with E-state index in [4.69, 9.17) is 21.8 Å². The third kappa shape index (κ3) is 9.75. The van der Waals surface area contributed by atoms with Crippen LogP contribution in [0.5, 0.6) is 0 Å². The molecule has 12 atom stereocenters. The zero-order valence-electron chi connectivity index (χ0n) is 37.5. The Labute approximate surface area is 355 Å². The van der Waals surface area contributed by atoms with E-state index in [1.54, 1.807) is 5.56 Å². The zero-order chi connectivity index (χ0) is 38.6. The normalized spacial score (nSPS) is 33.9. The molecular formula is C49H80Cl2OSiZr. The molecule has 0 aromatic heterocycles. The number of rotatable bonds is 5. The Hall–Kier alpha value is 0.0800. The fourth-order valence-electron chi connectivity index (χ4n) is 13.4. The van der Waals surface area contributed by atoms with E-state index < -0.39 is 28.9 Å². The first-order valence-corrected chi connectivity index (χ1v) is 30.3. The molecule has 0 radical (unpaired) electrons. The Kier molecular flexibility index (Phi) is 16.6. The number of benzene rings is 2. The van der Waals surface area contributed by atoms with Crippen LogP contribution in [0.15, 0.2) is 48.5 Å². The standard InChI is InChI=1S/C47H74OSi.2CH3.2ClH.Zr/c1-29-26-37-35(31-18-22-33(23-19-31)45(3,4)5)16-15-17-36(37)43(29)49(13,14)44-30(2)27-38-39(44)28-40(47(9,10)11)42(48-12)41(38)32-20-24-34(25-21-32)46(6,7)8;;;;;/h18-25,29-30,35-44H,15-17,26-28H2,1-14H3;2*1H3;2*1H;/q;2*-1;;;+4/p-2. The monoisotopic (exact) mass is 872 g/mol. The van der Waals surface area contributed by atoms with Crippen molar-refractivity contribution < 1.29 is 25.6 Å². The summed E-state index contributed by atoms with van der Waals surface area (Å²) in [7, 11) is 10.2. The van der Waals surface area contributed by atoms with Crippen LogP contribution in [0.1, 0.15) is 149 Å². The molecule has 12 unspecified atom stereocenters. The van der Waals surface area contributed by atoms with Crippen molar-refractivity contribution in [3.8, 4) is 0 Å². The Morgan fingerprint density at radius 1 is 0.630 bits per heavy atom. The van der Waals surface area contributed by atoms with Crippen molar-refractivity contribution in [2.75, 3.05) is 7.11 Å². The number of fused-ring (bicyclic) bond motifs is 2. The van der Waals surface area contributed by atoms with Crippen molar-refractivity contribution in [1.29, 1.82) is 0 Å². The van der Waals surface area contributed by atoms with Crippen LogP contribution in [0.2, 0.25) is 24.2 Å². The van der Waals surface area contributed by atoms with Gasteiger partial charge in [0.1, 0.15) is 0 Å². The zero-order valence-corrected chi connectivity index (χ0v) is 42.4. The summed E-state index contributed by atoms with van der Waals surface area (Å²) in [6.07, 6.45) is 8.76. The Bertz CT molecular complexity index is 1450. The topological polar surface area (TPSA) is 9.23 Å². The Morgan fingerprint density at radius 3 is 1.52 bits per heavy atom. The van der Waals surface area contributed by atoms with Crippen molar-refractivity contribution in [3.63, 3.8) is 0 Å². The average molecular weight is 875 g/mol. The quantitative estimate of drug-likeness (QED) is 0.215. The van der Waals surface area contributed by atoms with Gasteiger partial charge in [0, 0.05) is 13.0 Å². The van der Waals surface area contributed by atoms with Crippen LogP contribution in [0.4, 0.5) is 0 Å². The van der Waals surface area contributed by atoms with Gasteiger partial charge in [-0.25, -0.2) is 0 Å². The van der Waals surface area contributed by atoms with Gasteiger partial charge in [0.05, 0.1) is 14.2 Å². The van der Waals surface area contributed by atoms with Gasteiger partial charge in [-0.1, -0.05) is 151 Å². The van der Waals surface area contributed by atoms with Crippen LogP contribution in [-0.2, 0) is 36.4 Å². The summed E-state index contributed by atoms with van der Waals surface area (Å²) in [4.78, 5) is 0. The molecule has 4 fully saturated rings. The molecule has 0 amide bonds. The molecule has 4 saturated carbocycles. The van der Waals surface area contributed by atoms with Crippen molar-refractivity contribution >= 4 is 25.1 Å². The fraction of sp³-hybridized carbons (Fsp3) is 0.714. The first-order valence-electron chi connectivity index (χ1n) is 20.9. The number of methoxy groups -OCH3 is 1. The maximum absolute atomic E-state index is 6.64. The van der Waals surface area contributed by atoms with E-state index in [2.05, 4.69) is 138 Å². The van der Waals surface area contributed by atoms with E-state index in [-0.39, 0.29) is 37.2 Å². The second-order valence-corrected chi connectivity index (χ2v) is 30.4. The molecule has 0 spiro atoms. The minimum absolute atomic E-state index is 0. The molecule has 0 heterocycles. The molecule has 0 bridgehead atoms. The molecule has 304 valence electrons. The molecule has 0 N–H and O–H groups in total. The van der Waals surface area contributed by atoms with Crippen LogP contribution in [0.25, 0.3) is 0 Å². The van der Waals surface area contributed by atoms with Gasteiger partial charge in [0.15, 0.2) is 0 Å². The second-order valence-electron chi connectivity index (χ2n) is 21.7. The first kappa shape index (κ1) is 48.4. The molecule has 1 nitrogen and oxygen atoms in total. The summed E-state index contributed by atoms with van der Waals surface area (Å²) in [5.74, 6) is 6.80. The summed E-state index contributed by atoms with van der Waals surface area (Å²) < 4.78 is 6.64. The molecule has 6 rings (SSSR count). The third-order valence-electron chi connectivity index (χ3n) is 15.3. The van der Waals surface area contributed by atoms with Crippen LogP contribution in [-0.4, -0.2) is 21.3 Å². The Morgan fingerprint density at radius 2 is 1.07 bits per heavy atom. The van der Waals surface area contributed by atoms with E-state index in [9.17, 15) is 0 Å². The van der Waals surface area contributed by atoms with Crippen molar-refractivity contribution in [2.45, 2.75) is 168 Å². The predicted molar refractivity (Wildman–Crippen MR) is 239 cm³/mol. The van der Waals surface area contributed by atoms with Gasteiger partial charge in [-0.05, 0) is 123 Å². The Balaban J connectivity index is 0.00000152. The summed E-state index contributed by atoms with van der Waals surface area (Å²) in [5.41, 5.74) is 8.55. The molecule has 2 aromatic rings. The summed E-state index contributed by atoms with van der Waals surface area (Å²) in [5, 5.41) is 0.